The predicted molar refractivity (Wildman–Crippen MR) is 112 cm³/mol. The van der Waals surface area contributed by atoms with E-state index in [1.807, 2.05) is 0 Å². The molecular weight excluding hydrogens is 417 g/mol. The van der Waals surface area contributed by atoms with Crippen LogP contribution >= 0.6 is 23.2 Å². The molecule has 1 heterocycles. The molecule has 0 saturated carbocycles. The molecule has 0 amide bonds. The van der Waals surface area contributed by atoms with Crippen molar-refractivity contribution in [2.24, 2.45) is 7.05 Å². The number of aromatic nitrogens is 1. The Hall–Kier alpha value is -2.83. The second-order valence-corrected chi connectivity index (χ2v) is 7.41. The van der Waals surface area contributed by atoms with E-state index in [0.717, 1.165) is 0 Å². The fourth-order valence-corrected chi connectivity index (χ4v) is 3.36. The number of aromatic hydroxyl groups is 1. The minimum absolute atomic E-state index is 0.00803. The number of benzene rings is 2. The van der Waals surface area contributed by atoms with Crippen molar-refractivity contribution in [3.8, 4) is 17.2 Å². The van der Waals surface area contributed by atoms with Crippen molar-refractivity contribution in [1.29, 1.82) is 0 Å². The van der Waals surface area contributed by atoms with Crippen LogP contribution in [-0.2, 0) is 11.8 Å². The first-order valence-electron chi connectivity index (χ1n) is 8.70. The van der Waals surface area contributed by atoms with Crippen molar-refractivity contribution >= 4 is 45.7 Å². The molecule has 6 nitrogen and oxygen atoms in total. The number of carbonyl (C=O) groups is 2. The van der Waals surface area contributed by atoms with Gasteiger partial charge in [-0.3, -0.25) is 9.59 Å². The van der Waals surface area contributed by atoms with Crippen LogP contribution in [0, 0.1) is 0 Å². The molecule has 0 atom stereocenters. The molecule has 0 spiro atoms. The molecule has 3 aromatic rings. The predicted octanol–water partition coefficient (Wildman–Crippen LogP) is 4.90. The van der Waals surface area contributed by atoms with E-state index in [1.165, 1.54) is 18.5 Å². The van der Waals surface area contributed by atoms with Crippen molar-refractivity contribution in [2.45, 2.75) is 19.8 Å². The summed E-state index contributed by atoms with van der Waals surface area (Å²) < 4.78 is 7.01. The average molecular weight is 434 g/mol. The zero-order chi connectivity index (χ0) is 21.3. The van der Waals surface area contributed by atoms with Crippen LogP contribution < -0.4 is 10.3 Å². The van der Waals surface area contributed by atoms with E-state index in [2.05, 4.69) is 0 Å². The Kier molecular flexibility index (Phi) is 5.96. The van der Waals surface area contributed by atoms with E-state index in [1.54, 1.807) is 36.4 Å². The summed E-state index contributed by atoms with van der Waals surface area (Å²) in [5, 5.41) is 11.7. The highest BCUT2D eigenvalue weighted by atomic mass is 35.5. The molecule has 0 fully saturated rings. The van der Waals surface area contributed by atoms with E-state index in [0.29, 0.717) is 32.4 Å². The molecule has 150 valence electrons. The summed E-state index contributed by atoms with van der Waals surface area (Å²) in [5.74, 6) is -0.397. The Balaban J connectivity index is 2.05. The van der Waals surface area contributed by atoms with Crippen molar-refractivity contribution in [1.82, 2.24) is 4.57 Å². The fourth-order valence-electron chi connectivity index (χ4n) is 2.92. The summed E-state index contributed by atoms with van der Waals surface area (Å²) in [7, 11) is 1.49. The molecule has 0 bridgehead atoms. The molecule has 2 aromatic carbocycles. The van der Waals surface area contributed by atoms with Crippen LogP contribution in [0.3, 0.4) is 0 Å². The molecule has 8 heteroatoms. The minimum atomic E-state index is -0.648. The second-order valence-electron chi connectivity index (χ2n) is 6.57. The Morgan fingerprint density at radius 3 is 2.48 bits per heavy atom. The van der Waals surface area contributed by atoms with E-state index < -0.39 is 17.1 Å². The quantitative estimate of drug-likeness (QED) is 0.558. The van der Waals surface area contributed by atoms with E-state index in [9.17, 15) is 19.5 Å². The molecule has 0 unspecified atom stereocenters. The number of hydrogen-bond donors (Lipinski definition) is 1. The van der Waals surface area contributed by atoms with Gasteiger partial charge in [-0.1, -0.05) is 23.2 Å². The molecule has 0 radical (unpaired) electrons. The number of nitrogens with zero attached hydrogens (tertiary/aromatic N) is 1. The number of fused-ring (bicyclic) bond motifs is 1. The lowest BCUT2D eigenvalue weighted by molar-refractivity contribution is -0.116. The first kappa shape index (κ1) is 20.9. The molecule has 3 rings (SSSR count). The maximum Gasteiger partial charge on any atom is 0.265 e. The molecule has 1 aromatic heterocycles. The zero-order valence-electron chi connectivity index (χ0n) is 15.7. The first-order valence-corrected chi connectivity index (χ1v) is 9.46. The third-order valence-electron chi connectivity index (χ3n) is 4.45. The Morgan fingerprint density at radius 1 is 1.10 bits per heavy atom. The van der Waals surface area contributed by atoms with Crippen LogP contribution in [-0.4, -0.2) is 21.2 Å². The molecular formula is C21H17Cl2NO5. The highest BCUT2D eigenvalue weighted by molar-refractivity contribution is 6.35. The van der Waals surface area contributed by atoms with Gasteiger partial charge in [-0.05, 0) is 37.3 Å². The topological polar surface area (TPSA) is 85.6 Å². The standard InChI is InChI=1S/C21H17Cl2NO5/c1-11(25)3-7-17(26)19-20(27)14-6-5-13(10-16(14)24(2)21(19)28)29-18-8-4-12(22)9-15(18)23/h4-6,8-10,27H,3,7H2,1-2H3. The van der Waals surface area contributed by atoms with Crippen molar-refractivity contribution in [3.05, 3.63) is 62.4 Å². The number of ketones is 2. The number of pyridine rings is 1. The van der Waals surface area contributed by atoms with Crippen LogP contribution in [0.4, 0.5) is 0 Å². The third-order valence-corrected chi connectivity index (χ3v) is 4.98. The number of ether oxygens (including phenoxy) is 1. The lowest BCUT2D eigenvalue weighted by Crippen LogP contribution is -2.25. The highest BCUT2D eigenvalue weighted by Gasteiger charge is 2.21. The van der Waals surface area contributed by atoms with Crippen LogP contribution in [0.5, 0.6) is 17.2 Å². The van der Waals surface area contributed by atoms with Crippen LogP contribution in [0.25, 0.3) is 10.9 Å². The maximum absolute atomic E-state index is 12.7. The number of carbonyl (C=O) groups excluding carboxylic acids is 2. The molecule has 0 aliphatic carbocycles. The van der Waals surface area contributed by atoms with Crippen LogP contribution in [0.1, 0.15) is 30.1 Å². The summed E-state index contributed by atoms with van der Waals surface area (Å²) in [4.78, 5) is 36.2. The van der Waals surface area contributed by atoms with Gasteiger partial charge < -0.3 is 19.2 Å². The summed E-state index contributed by atoms with van der Waals surface area (Å²) in [6.07, 6.45) is -0.131. The fraction of sp³-hybridized carbons (Fsp3) is 0.190. The van der Waals surface area contributed by atoms with Gasteiger partial charge in [0.25, 0.3) is 5.56 Å². The van der Waals surface area contributed by atoms with E-state index in [-0.39, 0.29) is 24.2 Å². The number of rotatable bonds is 6. The normalized spacial score (nSPS) is 10.9. The number of halogens is 2. The molecule has 0 aliphatic rings. The Labute approximate surface area is 176 Å². The van der Waals surface area contributed by atoms with Crippen molar-refractivity contribution < 1.29 is 19.4 Å². The average Bonchev–Trinajstić information content (AvgIpc) is 2.67. The lowest BCUT2D eigenvalue weighted by atomic mass is 10.0. The second kappa shape index (κ2) is 8.27. The van der Waals surface area contributed by atoms with Gasteiger partial charge in [-0.2, -0.15) is 0 Å². The van der Waals surface area contributed by atoms with Crippen molar-refractivity contribution in [3.63, 3.8) is 0 Å². The summed E-state index contributed by atoms with van der Waals surface area (Å²) in [6, 6.07) is 9.48. The van der Waals surface area contributed by atoms with Crippen LogP contribution in [0.15, 0.2) is 41.2 Å². The maximum atomic E-state index is 12.7. The summed E-state index contributed by atoms with van der Waals surface area (Å²) in [5.41, 5.74) is -0.598. The van der Waals surface area contributed by atoms with Gasteiger partial charge in [0.15, 0.2) is 5.78 Å². The monoisotopic (exact) mass is 433 g/mol. The van der Waals surface area contributed by atoms with Crippen molar-refractivity contribution in [2.75, 3.05) is 0 Å². The van der Waals surface area contributed by atoms with Gasteiger partial charge in [0.2, 0.25) is 0 Å². The van der Waals surface area contributed by atoms with Gasteiger partial charge in [-0.25, -0.2) is 0 Å². The number of hydrogen-bond acceptors (Lipinski definition) is 5. The number of Topliss-reactive ketones (excluding diaryl/α,β-unsaturated/α-hetero) is 2. The molecule has 29 heavy (non-hydrogen) atoms. The minimum Gasteiger partial charge on any atom is -0.506 e. The first-order chi connectivity index (χ1) is 13.7. The van der Waals surface area contributed by atoms with Gasteiger partial charge in [-0.15, -0.1) is 0 Å². The molecule has 1 N–H and O–H groups in total. The van der Waals surface area contributed by atoms with Crippen LogP contribution in [0.2, 0.25) is 10.0 Å². The Morgan fingerprint density at radius 2 is 1.83 bits per heavy atom. The molecule has 0 aliphatic heterocycles. The third kappa shape index (κ3) is 4.28. The molecule has 0 saturated heterocycles. The zero-order valence-corrected chi connectivity index (χ0v) is 17.2. The van der Waals surface area contributed by atoms with Gasteiger partial charge in [0.05, 0.1) is 10.5 Å². The van der Waals surface area contributed by atoms with E-state index in [4.69, 9.17) is 27.9 Å². The van der Waals surface area contributed by atoms with Gasteiger partial charge >= 0.3 is 0 Å². The van der Waals surface area contributed by atoms with Gasteiger partial charge in [0.1, 0.15) is 28.6 Å². The smallest absolute Gasteiger partial charge is 0.265 e. The highest BCUT2D eigenvalue weighted by Crippen LogP contribution is 2.34. The van der Waals surface area contributed by atoms with E-state index >= 15 is 0 Å². The largest absolute Gasteiger partial charge is 0.506 e. The Bertz CT molecular complexity index is 1200. The lowest BCUT2D eigenvalue weighted by Gasteiger charge is -2.13. The SMILES string of the molecule is CC(=O)CCC(=O)c1c(O)c2ccc(Oc3ccc(Cl)cc3Cl)cc2n(C)c1=O. The van der Waals surface area contributed by atoms with Gasteiger partial charge in [0, 0.05) is 36.4 Å². The summed E-state index contributed by atoms with van der Waals surface area (Å²) in [6.45, 7) is 1.36. The number of aryl methyl sites for hydroxylation is 1. The summed E-state index contributed by atoms with van der Waals surface area (Å²) >= 11 is 12.0.